The molecule has 2 unspecified atom stereocenters. The summed E-state index contributed by atoms with van der Waals surface area (Å²) in [7, 11) is 0. The van der Waals surface area contributed by atoms with Crippen molar-refractivity contribution < 1.29 is 19.1 Å². The second kappa shape index (κ2) is 8.49. The molecule has 18 heavy (non-hydrogen) atoms. The molecule has 0 aliphatic heterocycles. The third-order valence-electron chi connectivity index (χ3n) is 2.27. The minimum atomic E-state index is -0.717. The van der Waals surface area contributed by atoms with Crippen LogP contribution < -0.4 is 10.6 Å². The van der Waals surface area contributed by atoms with E-state index in [0.717, 1.165) is 12.8 Å². The molecule has 2 N–H and O–H groups in total. The number of rotatable bonds is 7. The molecule has 0 bridgehead atoms. The van der Waals surface area contributed by atoms with Gasteiger partial charge in [0.2, 0.25) is 11.8 Å². The lowest BCUT2D eigenvalue weighted by molar-refractivity contribution is -0.147. The Morgan fingerprint density at radius 3 is 2.22 bits per heavy atom. The minimum absolute atomic E-state index is 0.296. The third kappa shape index (κ3) is 6.88. The number of nitrogens with one attached hydrogen (secondary N) is 2. The SMILES string of the molecule is CCCCOC(=O)C(C)NC(=O)C(C)NC(C)=O. The molecule has 2 atom stereocenters. The predicted molar refractivity (Wildman–Crippen MR) is 66.8 cm³/mol. The maximum Gasteiger partial charge on any atom is 0.328 e. The number of hydrogen-bond acceptors (Lipinski definition) is 4. The highest BCUT2D eigenvalue weighted by molar-refractivity contribution is 5.89. The first-order chi connectivity index (χ1) is 8.38. The number of carbonyl (C=O) groups excluding carboxylic acids is 3. The van der Waals surface area contributed by atoms with Crippen LogP contribution in [0, 0.1) is 0 Å². The summed E-state index contributed by atoms with van der Waals surface area (Å²) in [5.74, 6) is -1.17. The molecule has 0 radical (unpaired) electrons. The van der Waals surface area contributed by atoms with Crippen molar-refractivity contribution in [3.8, 4) is 0 Å². The molecular weight excluding hydrogens is 236 g/mol. The number of unbranched alkanes of at least 4 members (excludes halogenated alkanes) is 1. The lowest BCUT2D eigenvalue weighted by Gasteiger charge is -2.17. The number of ether oxygens (including phenoxy) is 1. The monoisotopic (exact) mass is 258 g/mol. The van der Waals surface area contributed by atoms with Gasteiger partial charge < -0.3 is 15.4 Å². The van der Waals surface area contributed by atoms with Gasteiger partial charge in [-0.1, -0.05) is 13.3 Å². The van der Waals surface area contributed by atoms with Gasteiger partial charge in [0, 0.05) is 6.92 Å². The van der Waals surface area contributed by atoms with Gasteiger partial charge in [-0.3, -0.25) is 9.59 Å². The average molecular weight is 258 g/mol. The number of carbonyl (C=O) groups is 3. The largest absolute Gasteiger partial charge is 0.464 e. The molecule has 0 spiro atoms. The zero-order valence-electron chi connectivity index (χ0n) is 11.4. The highest BCUT2D eigenvalue weighted by atomic mass is 16.5. The molecule has 0 fully saturated rings. The van der Waals surface area contributed by atoms with E-state index in [2.05, 4.69) is 10.6 Å². The van der Waals surface area contributed by atoms with Crippen LogP contribution in [-0.4, -0.2) is 36.5 Å². The van der Waals surface area contributed by atoms with Crippen LogP contribution in [0.2, 0.25) is 0 Å². The molecule has 6 heteroatoms. The van der Waals surface area contributed by atoms with E-state index in [1.165, 1.54) is 6.92 Å². The van der Waals surface area contributed by atoms with Gasteiger partial charge in [-0.25, -0.2) is 4.79 Å². The Balaban J connectivity index is 4.05. The van der Waals surface area contributed by atoms with Crippen LogP contribution >= 0.6 is 0 Å². The summed E-state index contributed by atoms with van der Waals surface area (Å²) in [5.41, 5.74) is 0. The summed E-state index contributed by atoms with van der Waals surface area (Å²) >= 11 is 0. The minimum Gasteiger partial charge on any atom is -0.464 e. The van der Waals surface area contributed by atoms with Crippen LogP contribution in [0.1, 0.15) is 40.5 Å². The topological polar surface area (TPSA) is 84.5 Å². The van der Waals surface area contributed by atoms with Crippen LogP contribution in [0.15, 0.2) is 0 Å². The molecule has 0 aromatic carbocycles. The van der Waals surface area contributed by atoms with Gasteiger partial charge in [-0.15, -0.1) is 0 Å². The Kier molecular flexibility index (Phi) is 7.74. The van der Waals surface area contributed by atoms with E-state index in [0.29, 0.717) is 6.61 Å². The molecule has 0 heterocycles. The van der Waals surface area contributed by atoms with Crippen LogP contribution in [0.3, 0.4) is 0 Å². The first kappa shape index (κ1) is 16.4. The second-order valence-corrected chi connectivity index (χ2v) is 4.17. The average Bonchev–Trinajstić information content (AvgIpc) is 2.28. The number of esters is 1. The summed E-state index contributed by atoms with van der Waals surface area (Å²) in [4.78, 5) is 33.8. The van der Waals surface area contributed by atoms with Crippen LogP contribution in [0.5, 0.6) is 0 Å². The number of amides is 2. The molecule has 104 valence electrons. The number of hydrogen-bond donors (Lipinski definition) is 2. The molecule has 6 nitrogen and oxygen atoms in total. The van der Waals surface area contributed by atoms with Crippen molar-refractivity contribution in [2.75, 3.05) is 6.61 Å². The summed E-state index contributed by atoms with van der Waals surface area (Å²) in [6.07, 6.45) is 1.74. The van der Waals surface area contributed by atoms with E-state index in [1.807, 2.05) is 6.92 Å². The van der Waals surface area contributed by atoms with Gasteiger partial charge in [0.15, 0.2) is 0 Å². The second-order valence-electron chi connectivity index (χ2n) is 4.17. The van der Waals surface area contributed by atoms with E-state index in [9.17, 15) is 14.4 Å². The molecule has 0 saturated heterocycles. The Labute approximate surface area is 107 Å². The molecular formula is C12H22N2O4. The van der Waals surface area contributed by atoms with Gasteiger partial charge in [-0.05, 0) is 20.3 Å². The maximum atomic E-state index is 11.6. The van der Waals surface area contributed by atoms with Crippen LogP contribution in [-0.2, 0) is 19.1 Å². The van der Waals surface area contributed by atoms with E-state index in [4.69, 9.17) is 4.74 Å². The molecule has 0 rings (SSSR count). The predicted octanol–water partition coefficient (Wildman–Crippen LogP) is 0.359. The van der Waals surface area contributed by atoms with Crippen molar-refractivity contribution in [3.63, 3.8) is 0 Å². The van der Waals surface area contributed by atoms with E-state index in [1.54, 1.807) is 13.8 Å². The molecule has 0 saturated carbocycles. The van der Waals surface area contributed by atoms with Crippen molar-refractivity contribution >= 4 is 17.8 Å². The summed E-state index contributed by atoms with van der Waals surface area (Å²) in [5, 5.41) is 4.92. The van der Waals surface area contributed by atoms with Crippen molar-refractivity contribution in [1.82, 2.24) is 10.6 Å². The first-order valence-corrected chi connectivity index (χ1v) is 6.12. The first-order valence-electron chi connectivity index (χ1n) is 6.12. The Morgan fingerprint density at radius 1 is 1.11 bits per heavy atom. The fourth-order valence-electron chi connectivity index (χ4n) is 1.21. The zero-order chi connectivity index (χ0) is 14.1. The summed E-state index contributed by atoms with van der Waals surface area (Å²) < 4.78 is 4.96. The van der Waals surface area contributed by atoms with Gasteiger partial charge >= 0.3 is 5.97 Å². The Bertz CT molecular complexity index is 304. The highest BCUT2D eigenvalue weighted by Gasteiger charge is 2.20. The van der Waals surface area contributed by atoms with Crippen molar-refractivity contribution in [3.05, 3.63) is 0 Å². The molecule has 0 aromatic rings. The summed E-state index contributed by atoms with van der Waals surface area (Å²) in [6, 6.07) is -1.39. The standard InChI is InChI=1S/C12H22N2O4/c1-5-6-7-18-12(17)9(3)14-11(16)8(2)13-10(4)15/h8-9H,5-7H2,1-4H3,(H,13,15)(H,14,16). The quantitative estimate of drug-likeness (QED) is 0.510. The Morgan fingerprint density at radius 2 is 1.72 bits per heavy atom. The zero-order valence-corrected chi connectivity index (χ0v) is 11.4. The molecule has 0 aliphatic rings. The van der Waals surface area contributed by atoms with Gasteiger partial charge in [0.25, 0.3) is 0 Å². The van der Waals surface area contributed by atoms with Crippen molar-refractivity contribution in [1.29, 1.82) is 0 Å². The lowest BCUT2D eigenvalue weighted by atomic mass is 10.2. The van der Waals surface area contributed by atoms with Gasteiger partial charge in [-0.2, -0.15) is 0 Å². The van der Waals surface area contributed by atoms with Crippen molar-refractivity contribution in [2.45, 2.75) is 52.6 Å². The van der Waals surface area contributed by atoms with E-state index >= 15 is 0 Å². The fraction of sp³-hybridized carbons (Fsp3) is 0.750. The van der Waals surface area contributed by atoms with Crippen LogP contribution in [0.25, 0.3) is 0 Å². The van der Waals surface area contributed by atoms with Crippen LogP contribution in [0.4, 0.5) is 0 Å². The Hall–Kier alpha value is -1.59. The highest BCUT2D eigenvalue weighted by Crippen LogP contribution is 1.94. The van der Waals surface area contributed by atoms with Gasteiger partial charge in [0.1, 0.15) is 12.1 Å². The smallest absolute Gasteiger partial charge is 0.328 e. The molecule has 2 amide bonds. The maximum absolute atomic E-state index is 11.6. The third-order valence-corrected chi connectivity index (χ3v) is 2.27. The van der Waals surface area contributed by atoms with E-state index in [-0.39, 0.29) is 5.91 Å². The van der Waals surface area contributed by atoms with Crippen molar-refractivity contribution in [2.24, 2.45) is 0 Å². The van der Waals surface area contributed by atoms with E-state index < -0.39 is 24.0 Å². The molecule has 0 aliphatic carbocycles. The fourth-order valence-corrected chi connectivity index (χ4v) is 1.21. The van der Waals surface area contributed by atoms with Gasteiger partial charge in [0.05, 0.1) is 6.61 Å². The summed E-state index contributed by atoms with van der Waals surface area (Å²) in [6.45, 7) is 6.77. The normalized spacial score (nSPS) is 13.3. The lowest BCUT2D eigenvalue weighted by Crippen LogP contribution is -2.49. The molecule has 0 aromatic heterocycles.